The number of benzene rings is 3. The molecule has 0 saturated carbocycles. The van der Waals surface area contributed by atoms with Gasteiger partial charge in [0.25, 0.3) is 0 Å². The lowest BCUT2D eigenvalue weighted by Crippen LogP contribution is -1.72. The van der Waals surface area contributed by atoms with E-state index in [1.165, 1.54) is 32.6 Å². The first-order valence-corrected chi connectivity index (χ1v) is 6.70. The van der Waals surface area contributed by atoms with Gasteiger partial charge < -0.3 is 4.98 Å². The molecule has 4 aromatic rings. The molecule has 0 aliphatic heterocycles. The predicted molar refractivity (Wildman–Crippen MR) is 81.0 cm³/mol. The average Bonchev–Trinajstić information content (AvgIpc) is 2.72. The van der Waals surface area contributed by atoms with Crippen molar-refractivity contribution in [2.24, 2.45) is 0 Å². The molecule has 0 aliphatic carbocycles. The number of halogens is 1. The quantitative estimate of drug-likeness (QED) is 0.457. The summed E-state index contributed by atoms with van der Waals surface area (Å²) in [5.74, 6) is 0. The van der Waals surface area contributed by atoms with E-state index in [0.29, 0.717) is 0 Å². The average molecular weight is 296 g/mol. The van der Waals surface area contributed by atoms with Crippen molar-refractivity contribution < 1.29 is 0 Å². The smallest absolute Gasteiger partial charge is 0.0476 e. The van der Waals surface area contributed by atoms with Crippen molar-refractivity contribution in [1.82, 2.24) is 4.98 Å². The van der Waals surface area contributed by atoms with Crippen LogP contribution in [0.15, 0.2) is 59.1 Å². The van der Waals surface area contributed by atoms with E-state index in [1.54, 1.807) is 0 Å². The van der Waals surface area contributed by atoms with Gasteiger partial charge in [-0.2, -0.15) is 0 Å². The summed E-state index contributed by atoms with van der Waals surface area (Å²) >= 11 is 3.51. The van der Waals surface area contributed by atoms with Crippen LogP contribution in [0.2, 0.25) is 0 Å². The molecular weight excluding hydrogens is 286 g/mol. The van der Waals surface area contributed by atoms with Gasteiger partial charge in [-0.25, -0.2) is 0 Å². The van der Waals surface area contributed by atoms with Crippen molar-refractivity contribution in [2.75, 3.05) is 0 Å². The molecule has 0 amide bonds. The van der Waals surface area contributed by atoms with E-state index in [1.807, 2.05) is 0 Å². The number of hydrogen-bond donors (Lipinski definition) is 1. The first-order chi connectivity index (χ1) is 8.81. The molecule has 1 nitrogen and oxygen atoms in total. The number of fused-ring (bicyclic) bond motifs is 4. The lowest BCUT2D eigenvalue weighted by molar-refractivity contribution is 1.54. The van der Waals surface area contributed by atoms with Crippen molar-refractivity contribution in [3.8, 4) is 0 Å². The molecule has 0 atom stereocenters. The number of nitrogens with one attached hydrogen (secondary N) is 1. The molecule has 0 spiro atoms. The monoisotopic (exact) mass is 295 g/mol. The summed E-state index contributed by atoms with van der Waals surface area (Å²) in [4.78, 5) is 3.48. The Labute approximate surface area is 113 Å². The van der Waals surface area contributed by atoms with Crippen LogP contribution >= 0.6 is 15.9 Å². The van der Waals surface area contributed by atoms with Gasteiger partial charge in [-0.1, -0.05) is 46.3 Å². The molecule has 0 bridgehead atoms. The van der Waals surface area contributed by atoms with E-state index in [0.717, 1.165) is 4.47 Å². The topological polar surface area (TPSA) is 15.8 Å². The fourth-order valence-corrected chi connectivity index (χ4v) is 2.93. The standard InChI is InChI=1S/C16H10BrN/c17-12-5-6-13-14-7-10-3-1-2-4-11(10)8-15(14)18-16(13)9-12/h1-9,18H. The third kappa shape index (κ3) is 1.39. The minimum Gasteiger partial charge on any atom is -0.354 e. The molecule has 2 heteroatoms. The van der Waals surface area contributed by atoms with Gasteiger partial charge in [0.15, 0.2) is 0 Å². The maximum atomic E-state index is 3.51. The van der Waals surface area contributed by atoms with Crippen LogP contribution in [-0.2, 0) is 0 Å². The summed E-state index contributed by atoms with van der Waals surface area (Å²) < 4.78 is 1.10. The molecular formula is C16H10BrN. The highest BCUT2D eigenvalue weighted by Crippen LogP contribution is 2.30. The number of rotatable bonds is 0. The van der Waals surface area contributed by atoms with Crippen LogP contribution in [0.3, 0.4) is 0 Å². The number of hydrogen-bond acceptors (Lipinski definition) is 0. The molecule has 1 aromatic heterocycles. The molecule has 0 radical (unpaired) electrons. The molecule has 86 valence electrons. The molecule has 4 rings (SSSR count). The Morgan fingerprint density at radius 2 is 1.44 bits per heavy atom. The second-order valence-electron chi connectivity index (χ2n) is 4.56. The molecule has 1 heterocycles. The first-order valence-electron chi connectivity index (χ1n) is 5.91. The Kier molecular flexibility index (Phi) is 2.03. The Balaban J connectivity index is 2.23. The van der Waals surface area contributed by atoms with E-state index in [2.05, 4.69) is 75.5 Å². The number of H-pyrrole nitrogens is 1. The number of aromatic nitrogens is 1. The van der Waals surface area contributed by atoms with E-state index < -0.39 is 0 Å². The van der Waals surface area contributed by atoms with Crippen LogP contribution in [0.25, 0.3) is 32.6 Å². The van der Waals surface area contributed by atoms with Crippen LogP contribution in [0, 0.1) is 0 Å². The van der Waals surface area contributed by atoms with Gasteiger partial charge in [0, 0.05) is 26.3 Å². The van der Waals surface area contributed by atoms with Gasteiger partial charge in [-0.3, -0.25) is 0 Å². The van der Waals surface area contributed by atoms with Gasteiger partial charge in [0.1, 0.15) is 0 Å². The molecule has 0 unspecified atom stereocenters. The zero-order valence-electron chi connectivity index (χ0n) is 9.57. The van der Waals surface area contributed by atoms with Crippen molar-refractivity contribution in [1.29, 1.82) is 0 Å². The largest absolute Gasteiger partial charge is 0.354 e. The Bertz CT molecular complexity index is 889. The minimum absolute atomic E-state index is 1.10. The summed E-state index contributed by atoms with van der Waals surface area (Å²) in [5, 5.41) is 5.12. The Hall–Kier alpha value is -1.80. The van der Waals surface area contributed by atoms with Crippen LogP contribution in [0.1, 0.15) is 0 Å². The van der Waals surface area contributed by atoms with Crippen LogP contribution in [0.4, 0.5) is 0 Å². The maximum Gasteiger partial charge on any atom is 0.0476 e. The minimum atomic E-state index is 1.10. The van der Waals surface area contributed by atoms with E-state index in [4.69, 9.17) is 0 Å². The zero-order valence-corrected chi connectivity index (χ0v) is 11.2. The van der Waals surface area contributed by atoms with Crippen molar-refractivity contribution >= 4 is 48.5 Å². The number of aromatic amines is 1. The van der Waals surface area contributed by atoms with Crippen LogP contribution < -0.4 is 0 Å². The lowest BCUT2D eigenvalue weighted by atomic mass is 10.1. The summed E-state index contributed by atoms with van der Waals surface area (Å²) in [6, 6.07) is 19.3. The van der Waals surface area contributed by atoms with Gasteiger partial charge in [0.2, 0.25) is 0 Å². The molecule has 3 aromatic carbocycles. The molecule has 0 saturated heterocycles. The molecule has 0 fully saturated rings. The van der Waals surface area contributed by atoms with Gasteiger partial charge >= 0.3 is 0 Å². The van der Waals surface area contributed by atoms with Gasteiger partial charge in [0.05, 0.1) is 0 Å². The third-order valence-corrected chi connectivity index (χ3v) is 3.92. The van der Waals surface area contributed by atoms with Crippen molar-refractivity contribution in [2.45, 2.75) is 0 Å². The Morgan fingerprint density at radius 3 is 2.28 bits per heavy atom. The van der Waals surface area contributed by atoms with E-state index >= 15 is 0 Å². The van der Waals surface area contributed by atoms with Crippen LogP contribution in [0.5, 0.6) is 0 Å². The fourth-order valence-electron chi connectivity index (χ4n) is 2.57. The third-order valence-electron chi connectivity index (χ3n) is 3.43. The summed E-state index contributed by atoms with van der Waals surface area (Å²) in [7, 11) is 0. The summed E-state index contributed by atoms with van der Waals surface area (Å²) in [5.41, 5.74) is 2.37. The van der Waals surface area contributed by atoms with Crippen LogP contribution in [-0.4, -0.2) is 4.98 Å². The van der Waals surface area contributed by atoms with E-state index in [-0.39, 0.29) is 0 Å². The fraction of sp³-hybridized carbons (Fsp3) is 0. The maximum absolute atomic E-state index is 3.51. The normalized spacial score (nSPS) is 11.6. The van der Waals surface area contributed by atoms with Gasteiger partial charge in [-0.15, -0.1) is 0 Å². The second kappa shape index (κ2) is 3.59. The van der Waals surface area contributed by atoms with Gasteiger partial charge in [-0.05, 0) is 35.0 Å². The predicted octanol–water partition coefficient (Wildman–Crippen LogP) is 5.24. The highest BCUT2D eigenvalue weighted by Gasteiger charge is 2.05. The second-order valence-corrected chi connectivity index (χ2v) is 5.48. The first kappa shape index (κ1) is 10.2. The molecule has 18 heavy (non-hydrogen) atoms. The van der Waals surface area contributed by atoms with Crippen molar-refractivity contribution in [3.05, 3.63) is 59.1 Å². The highest BCUT2D eigenvalue weighted by atomic mass is 79.9. The Morgan fingerprint density at radius 1 is 0.722 bits per heavy atom. The summed E-state index contributed by atoms with van der Waals surface area (Å²) in [6.45, 7) is 0. The summed E-state index contributed by atoms with van der Waals surface area (Å²) in [6.07, 6.45) is 0. The van der Waals surface area contributed by atoms with E-state index in [9.17, 15) is 0 Å². The molecule has 0 aliphatic rings. The zero-order chi connectivity index (χ0) is 12.1. The highest BCUT2D eigenvalue weighted by molar-refractivity contribution is 9.10. The van der Waals surface area contributed by atoms with Crippen molar-refractivity contribution in [3.63, 3.8) is 0 Å². The lowest BCUT2D eigenvalue weighted by Gasteiger charge is -1.97. The molecule has 1 N–H and O–H groups in total. The SMILES string of the molecule is Brc1ccc2c(c1)[nH]c1cc3ccccc3cc12.